The van der Waals surface area contributed by atoms with Crippen LogP contribution in [0.3, 0.4) is 0 Å². The van der Waals surface area contributed by atoms with Crippen molar-refractivity contribution in [1.82, 2.24) is 19.7 Å². The molecule has 13 heteroatoms. The largest absolute Gasteiger partial charge is 0.416 e. The lowest BCUT2D eigenvalue weighted by Crippen LogP contribution is -2.46. The molecule has 2 aromatic heterocycles. The van der Waals surface area contributed by atoms with E-state index in [0.717, 1.165) is 23.0 Å². The predicted molar refractivity (Wildman–Crippen MR) is 182 cm³/mol. The molecule has 1 N–H and O–H groups in total. The molecule has 0 aliphatic carbocycles. The number of carbonyl (C=O) groups is 1. The van der Waals surface area contributed by atoms with E-state index < -0.39 is 20.9 Å². The highest BCUT2D eigenvalue weighted by molar-refractivity contribution is 7.69. The van der Waals surface area contributed by atoms with Crippen LogP contribution in [0.4, 0.5) is 17.5 Å². The Kier molecular flexibility index (Phi) is 9.37. The Morgan fingerprint density at radius 3 is 2.57 bits per heavy atom. The molecule has 1 aliphatic heterocycles. The quantitative estimate of drug-likeness (QED) is 0.159. The summed E-state index contributed by atoms with van der Waals surface area (Å²) in [6.45, 7) is 22.4. The zero-order valence-corrected chi connectivity index (χ0v) is 29.5. The van der Waals surface area contributed by atoms with Gasteiger partial charge in [0.05, 0.1) is 11.3 Å². The van der Waals surface area contributed by atoms with Gasteiger partial charge in [0.25, 0.3) is 0 Å². The van der Waals surface area contributed by atoms with Crippen LogP contribution in [-0.4, -0.2) is 68.1 Å². The summed E-state index contributed by atoms with van der Waals surface area (Å²) in [5, 5.41) is 18.2. The van der Waals surface area contributed by atoms with E-state index in [0.29, 0.717) is 54.1 Å². The predicted octanol–water partition coefficient (Wildman–Crippen LogP) is 5.77. The van der Waals surface area contributed by atoms with Crippen LogP contribution < -0.4 is 15.6 Å². The van der Waals surface area contributed by atoms with Crippen molar-refractivity contribution in [1.29, 1.82) is 5.26 Å². The molecule has 1 aromatic carbocycles. The third-order valence-corrected chi connectivity index (χ3v) is 14.3. The highest BCUT2D eigenvalue weighted by Crippen LogP contribution is 2.46. The fourth-order valence-corrected chi connectivity index (χ4v) is 6.87. The first-order valence-electron chi connectivity index (χ1n) is 14.9. The van der Waals surface area contributed by atoms with Gasteiger partial charge in [-0.15, -0.1) is 0 Å². The molecule has 0 saturated heterocycles. The van der Waals surface area contributed by atoms with Crippen LogP contribution in [0.5, 0.6) is 0 Å². The summed E-state index contributed by atoms with van der Waals surface area (Å²) in [6, 6.07) is 9.83. The Labute approximate surface area is 263 Å². The maximum absolute atomic E-state index is 12.8. The van der Waals surface area contributed by atoms with Crippen molar-refractivity contribution in [2.24, 2.45) is 5.92 Å². The summed E-state index contributed by atoms with van der Waals surface area (Å²) in [5.41, 5.74) is 3.61. The minimum absolute atomic E-state index is 0.0416. The summed E-state index contributed by atoms with van der Waals surface area (Å²) >= 11 is 0. The molecular weight excluding hydrogens is 588 g/mol. The lowest BCUT2D eigenvalue weighted by molar-refractivity contribution is 0.219. The average molecular weight is 633 g/mol. The molecular formula is C31H44BN7O3PSi. The third-order valence-electron chi connectivity index (χ3n) is 8.53. The first-order valence-corrected chi connectivity index (χ1v) is 20.4. The number of carbonyl (C=O) groups excluding carboxylic acids is 1. The SMILES string of the molecule is CC(C)Cn1nc(P(C)(C)=O)cc1Nc1nccc(-c2cc(C#N)c3c(c2)[C@@](C)(CO[Si](C)(C)C(C)(C)C)CN3[B]C=O)n1. The molecule has 44 heavy (non-hydrogen) atoms. The number of hydrogen-bond donors (Lipinski definition) is 1. The fourth-order valence-electron chi connectivity index (χ4n) is 5.00. The van der Waals surface area contributed by atoms with Gasteiger partial charge in [-0.1, -0.05) is 41.5 Å². The smallest absolute Gasteiger partial charge is 0.329 e. The standard InChI is InChI=1S/C31H44BN7O3PSi/c1-21(2)17-39-26(15-27(37-39)43(7,8)41)36-29-34-12-11-25(35-29)22-13-23(16-33)28-24(14-22)31(6,18-38(28)32-20-40)19-42-44(9,10)30(3,4)5/h11-15,20-21H,17-19H2,1-10H3,(H,34,35,36)/t31-/m1/s1. The van der Waals surface area contributed by atoms with Gasteiger partial charge >= 0.3 is 7.41 Å². The summed E-state index contributed by atoms with van der Waals surface area (Å²) in [5.74, 6) is 1.35. The van der Waals surface area contributed by atoms with Crippen LogP contribution in [-0.2, 0) is 25.7 Å². The number of benzene rings is 1. The minimum atomic E-state index is -2.57. The number of rotatable bonds is 11. The van der Waals surface area contributed by atoms with Crippen molar-refractivity contribution < 1.29 is 13.8 Å². The van der Waals surface area contributed by atoms with Crippen molar-refractivity contribution in [2.75, 3.05) is 36.6 Å². The van der Waals surface area contributed by atoms with Crippen molar-refractivity contribution in [3.63, 3.8) is 0 Å². The zero-order chi connectivity index (χ0) is 32.7. The van der Waals surface area contributed by atoms with E-state index in [9.17, 15) is 14.6 Å². The van der Waals surface area contributed by atoms with Gasteiger partial charge in [0.1, 0.15) is 30.6 Å². The Morgan fingerprint density at radius 1 is 1.27 bits per heavy atom. The van der Waals surface area contributed by atoms with Gasteiger partial charge in [-0.05, 0) is 61.1 Å². The summed E-state index contributed by atoms with van der Waals surface area (Å²) in [4.78, 5) is 22.7. The van der Waals surface area contributed by atoms with Crippen LogP contribution in [0, 0.1) is 17.2 Å². The Bertz CT molecular complexity index is 1640. The fraction of sp³-hybridized carbons (Fsp3) is 0.516. The number of fused-ring (bicyclic) bond motifs is 1. The molecule has 0 spiro atoms. The first kappa shape index (κ1) is 33.6. The van der Waals surface area contributed by atoms with E-state index >= 15 is 0 Å². The molecule has 1 aliphatic rings. The second-order valence-electron chi connectivity index (χ2n) is 14.3. The van der Waals surface area contributed by atoms with E-state index in [1.54, 1.807) is 25.6 Å². The Hall–Kier alpha value is -3.26. The van der Waals surface area contributed by atoms with Gasteiger partial charge in [-0.3, -0.25) is 0 Å². The molecule has 3 aromatic rings. The topological polar surface area (TPSA) is 126 Å². The van der Waals surface area contributed by atoms with Crippen molar-refractivity contribution in [2.45, 2.75) is 71.6 Å². The lowest BCUT2D eigenvalue weighted by Gasteiger charge is -2.39. The summed E-state index contributed by atoms with van der Waals surface area (Å²) in [6.07, 6.45) is 2.43. The highest BCUT2D eigenvalue weighted by atomic mass is 31.2. The maximum atomic E-state index is 12.8. The van der Waals surface area contributed by atoms with E-state index in [2.05, 4.69) is 82.2 Å². The Morgan fingerprint density at radius 2 is 1.98 bits per heavy atom. The van der Waals surface area contributed by atoms with Crippen molar-refractivity contribution in [3.05, 3.63) is 41.6 Å². The normalized spacial score (nSPS) is 17.0. The lowest BCUT2D eigenvalue weighted by atomic mass is 9.83. The van der Waals surface area contributed by atoms with Crippen LogP contribution in [0.15, 0.2) is 30.5 Å². The minimum Gasteiger partial charge on any atom is -0.416 e. The molecule has 0 bridgehead atoms. The van der Waals surface area contributed by atoms with Gasteiger partial charge < -0.3 is 23.9 Å². The van der Waals surface area contributed by atoms with Gasteiger partial charge in [-0.25, -0.2) is 14.6 Å². The molecule has 3 heterocycles. The van der Waals surface area contributed by atoms with Crippen molar-refractivity contribution >= 4 is 51.9 Å². The number of nitrogens with one attached hydrogen (secondary N) is 1. The van der Waals surface area contributed by atoms with Crippen LogP contribution in [0.1, 0.15) is 52.7 Å². The van der Waals surface area contributed by atoms with E-state index in [4.69, 9.17) is 9.41 Å². The number of aromatic nitrogens is 4. The van der Waals surface area contributed by atoms with Gasteiger partial charge in [0, 0.05) is 48.6 Å². The number of anilines is 3. The second-order valence-corrected chi connectivity index (χ2v) is 22.2. The molecule has 0 unspecified atom stereocenters. The van der Waals surface area contributed by atoms with E-state index in [1.807, 2.05) is 21.6 Å². The maximum Gasteiger partial charge on any atom is 0.329 e. The number of nitriles is 1. The molecule has 4 rings (SSSR count). The molecule has 1 atom stereocenters. The van der Waals surface area contributed by atoms with Gasteiger partial charge in [0.2, 0.25) is 5.95 Å². The highest BCUT2D eigenvalue weighted by Gasteiger charge is 2.44. The van der Waals surface area contributed by atoms with Crippen LogP contribution in [0.25, 0.3) is 11.3 Å². The molecule has 0 fully saturated rings. The monoisotopic (exact) mass is 632 g/mol. The van der Waals surface area contributed by atoms with E-state index in [1.165, 1.54) is 7.41 Å². The summed E-state index contributed by atoms with van der Waals surface area (Å²) < 4.78 is 21.3. The van der Waals surface area contributed by atoms with Crippen LogP contribution in [0.2, 0.25) is 18.1 Å². The molecule has 0 saturated carbocycles. The van der Waals surface area contributed by atoms with E-state index in [-0.39, 0.29) is 5.04 Å². The number of nitrogens with zero attached hydrogens (tertiary/aromatic N) is 6. The summed E-state index contributed by atoms with van der Waals surface area (Å²) in [7, 11) is -3.15. The molecule has 0 amide bonds. The average Bonchev–Trinajstić information content (AvgIpc) is 3.45. The number of hydrogen-bond acceptors (Lipinski definition) is 9. The third kappa shape index (κ3) is 7.01. The van der Waals surface area contributed by atoms with Crippen LogP contribution >= 0.6 is 7.14 Å². The molecule has 233 valence electrons. The first-order chi connectivity index (χ1) is 20.4. The molecule has 10 nitrogen and oxygen atoms in total. The van der Waals surface area contributed by atoms with Gasteiger partial charge in [0.15, 0.2) is 8.32 Å². The zero-order valence-electron chi connectivity index (χ0n) is 27.6. The van der Waals surface area contributed by atoms with Gasteiger partial charge in [-0.2, -0.15) is 10.4 Å². The van der Waals surface area contributed by atoms with Crippen molar-refractivity contribution in [3.8, 4) is 17.3 Å². The Balaban J connectivity index is 1.75. The molecule has 1 radical (unpaired) electrons. The second kappa shape index (κ2) is 12.3.